The Hall–Kier alpha value is -1.64. The van der Waals surface area contributed by atoms with Crippen molar-refractivity contribution in [2.24, 2.45) is 11.8 Å². The van der Waals surface area contributed by atoms with E-state index >= 15 is 0 Å². The minimum Gasteiger partial charge on any atom is -0.496 e. The number of amides is 1. The first-order valence-corrected chi connectivity index (χ1v) is 12.5. The number of sulfonamides is 1. The number of likely N-dealkylation sites (tertiary alicyclic amines) is 2. The average molecular weight is 438 g/mol. The molecule has 2 aliphatic rings. The highest BCUT2D eigenvalue weighted by atomic mass is 32.2. The standard InChI is InChI=1S/C22H35N3O4S/c1-17-13-18(2)16-24(15-17)10-6-9-23-30(27,28)19-7-8-21(29-3)20(14-19)22(26)25-11-4-5-12-25/h7-8,14,17-18,23H,4-6,9-13,15-16H2,1-3H3/t17-,18-/m1/s1. The third-order valence-electron chi connectivity index (χ3n) is 5.99. The highest BCUT2D eigenvalue weighted by Crippen LogP contribution is 2.25. The van der Waals surface area contributed by atoms with Crippen LogP contribution in [0.15, 0.2) is 23.1 Å². The molecule has 2 fully saturated rings. The molecule has 7 nitrogen and oxygen atoms in total. The SMILES string of the molecule is COc1ccc(S(=O)(=O)NCCCN2C[C@H](C)C[C@@H](C)C2)cc1C(=O)N1CCCC1. The number of methoxy groups -OCH3 is 1. The summed E-state index contributed by atoms with van der Waals surface area (Å²) in [6.07, 6.45) is 3.97. The molecular formula is C22H35N3O4S. The number of benzene rings is 1. The summed E-state index contributed by atoms with van der Waals surface area (Å²) in [6.45, 7) is 9.37. The number of rotatable bonds is 8. The molecular weight excluding hydrogens is 402 g/mol. The van der Waals surface area contributed by atoms with Crippen molar-refractivity contribution >= 4 is 15.9 Å². The van der Waals surface area contributed by atoms with Gasteiger partial charge in [0.15, 0.2) is 0 Å². The van der Waals surface area contributed by atoms with E-state index in [9.17, 15) is 13.2 Å². The quantitative estimate of drug-likeness (QED) is 0.633. The molecule has 1 aromatic carbocycles. The first kappa shape index (κ1) is 23.0. The van der Waals surface area contributed by atoms with Gasteiger partial charge in [-0.1, -0.05) is 13.8 Å². The topological polar surface area (TPSA) is 79.0 Å². The van der Waals surface area contributed by atoms with Gasteiger partial charge in [0.1, 0.15) is 5.75 Å². The Morgan fingerprint density at radius 2 is 1.83 bits per heavy atom. The molecule has 1 amide bonds. The third-order valence-corrected chi connectivity index (χ3v) is 7.45. The Bertz CT molecular complexity index is 827. The van der Waals surface area contributed by atoms with E-state index in [1.54, 1.807) is 11.0 Å². The molecule has 2 saturated heterocycles. The lowest BCUT2D eigenvalue weighted by atomic mass is 9.92. The van der Waals surface area contributed by atoms with Crippen molar-refractivity contribution in [3.05, 3.63) is 23.8 Å². The van der Waals surface area contributed by atoms with Crippen molar-refractivity contribution in [2.75, 3.05) is 46.4 Å². The van der Waals surface area contributed by atoms with Gasteiger partial charge in [-0.2, -0.15) is 0 Å². The van der Waals surface area contributed by atoms with Crippen LogP contribution in [0, 0.1) is 11.8 Å². The summed E-state index contributed by atoms with van der Waals surface area (Å²) in [4.78, 5) is 17.1. The Kier molecular flexibility index (Phi) is 7.76. The molecule has 1 aromatic rings. The minimum atomic E-state index is -3.68. The van der Waals surface area contributed by atoms with Gasteiger partial charge in [0, 0.05) is 32.7 Å². The van der Waals surface area contributed by atoms with Crippen LogP contribution in [0.3, 0.4) is 0 Å². The van der Waals surface area contributed by atoms with Gasteiger partial charge in [0.25, 0.3) is 5.91 Å². The number of ether oxygens (including phenoxy) is 1. The molecule has 0 spiro atoms. The smallest absolute Gasteiger partial charge is 0.257 e. The Balaban J connectivity index is 1.61. The third kappa shape index (κ3) is 5.74. The molecule has 1 N–H and O–H groups in total. The zero-order chi connectivity index (χ0) is 21.7. The average Bonchev–Trinajstić information content (AvgIpc) is 3.24. The van der Waals surface area contributed by atoms with E-state index in [0.717, 1.165) is 38.9 Å². The van der Waals surface area contributed by atoms with Crippen LogP contribution in [-0.4, -0.2) is 70.5 Å². The maximum atomic E-state index is 12.8. The van der Waals surface area contributed by atoms with Crippen LogP contribution in [0.5, 0.6) is 5.75 Å². The Morgan fingerprint density at radius 1 is 1.17 bits per heavy atom. The van der Waals surface area contributed by atoms with E-state index in [1.807, 2.05) is 0 Å². The van der Waals surface area contributed by atoms with E-state index in [-0.39, 0.29) is 10.8 Å². The fourth-order valence-electron chi connectivity index (χ4n) is 4.68. The fourth-order valence-corrected chi connectivity index (χ4v) is 5.78. The molecule has 2 atom stereocenters. The van der Waals surface area contributed by atoms with Crippen LogP contribution in [0.2, 0.25) is 0 Å². The van der Waals surface area contributed by atoms with E-state index in [1.165, 1.54) is 25.7 Å². The number of carbonyl (C=O) groups excluding carboxylic acids is 1. The van der Waals surface area contributed by atoms with Gasteiger partial charge >= 0.3 is 0 Å². The molecule has 8 heteroatoms. The van der Waals surface area contributed by atoms with E-state index in [2.05, 4.69) is 23.5 Å². The van der Waals surface area contributed by atoms with Crippen LogP contribution in [0.25, 0.3) is 0 Å². The fraction of sp³-hybridized carbons (Fsp3) is 0.682. The van der Waals surface area contributed by atoms with Gasteiger partial charge in [-0.25, -0.2) is 13.1 Å². The number of hydrogen-bond donors (Lipinski definition) is 1. The molecule has 0 aliphatic carbocycles. The van der Waals surface area contributed by atoms with Crippen molar-refractivity contribution in [3.8, 4) is 5.75 Å². The minimum absolute atomic E-state index is 0.103. The maximum Gasteiger partial charge on any atom is 0.257 e. The van der Waals surface area contributed by atoms with E-state index in [0.29, 0.717) is 42.8 Å². The lowest BCUT2D eigenvalue weighted by molar-refractivity contribution is 0.0789. The van der Waals surface area contributed by atoms with Crippen molar-refractivity contribution in [1.29, 1.82) is 0 Å². The number of nitrogens with zero attached hydrogens (tertiary/aromatic N) is 2. The number of hydrogen-bond acceptors (Lipinski definition) is 5. The predicted octanol–water partition coefficient (Wildman–Crippen LogP) is 2.58. The van der Waals surface area contributed by atoms with Crippen LogP contribution in [0.1, 0.15) is 49.9 Å². The monoisotopic (exact) mass is 437 g/mol. The van der Waals surface area contributed by atoms with Gasteiger partial charge in [-0.15, -0.1) is 0 Å². The summed E-state index contributed by atoms with van der Waals surface area (Å²) in [7, 11) is -2.19. The maximum absolute atomic E-state index is 12.8. The van der Waals surface area contributed by atoms with Gasteiger partial charge in [-0.3, -0.25) is 4.79 Å². The van der Waals surface area contributed by atoms with Crippen LogP contribution in [0.4, 0.5) is 0 Å². The second-order valence-electron chi connectivity index (χ2n) is 8.82. The molecule has 30 heavy (non-hydrogen) atoms. The molecule has 3 rings (SSSR count). The van der Waals surface area contributed by atoms with Crippen molar-refractivity contribution in [2.45, 2.75) is 44.4 Å². The molecule has 0 saturated carbocycles. The molecule has 0 aromatic heterocycles. The zero-order valence-electron chi connectivity index (χ0n) is 18.4. The normalized spacial score (nSPS) is 23.0. The van der Waals surface area contributed by atoms with Gasteiger partial charge < -0.3 is 14.5 Å². The van der Waals surface area contributed by atoms with Crippen molar-refractivity contribution < 1.29 is 17.9 Å². The van der Waals surface area contributed by atoms with Crippen LogP contribution in [-0.2, 0) is 10.0 Å². The first-order valence-electron chi connectivity index (χ1n) is 11.0. The van der Waals surface area contributed by atoms with Gasteiger partial charge in [-0.05, 0) is 62.3 Å². The van der Waals surface area contributed by atoms with E-state index < -0.39 is 10.0 Å². The predicted molar refractivity (Wildman–Crippen MR) is 117 cm³/mol. The summed E-state index contributed by atoms with van der Waals surface area (Å²) >= 11 is 0. The summed E-state index contributed by atoms with van der Waals surface area (Å²) < 4.78 is 33.6. The number of piperidine rings is 1. The second kappa shape index (κ2) is 10.1. The molecule has 0 unspecified atom stereocenters. The molecule has 2 aliphatic heterocycles. The highest BCUT2D eigenvalue weighted by Gasteiger charge is 2.25. The highest BCUT2D eigenvalue weighted by molar-refractivity contribution is 7.89. The van der Waals surface area contributed by atoms with E-state index in [4.69, 9.17) is 4.74 Å². The lowest BCUT2D eigenvalue weighted by Gasteiger charge is -2.34. The summed E-state index contributed by atoms with van der Waals surface area (Å²) in [5.41, 5.74) is 0.304. The molecule has 0 radical (unpaired) electrons. The van der Waals surface area contributed by atoms with Crippen LogP contribution >= 0.6 is 0 Å². The molecule has 168 valence electrons. The first-order chi connectivity index (χ1) is 14.3. The van der Waals surface area contributed by atoms with Crippen LogP contribution < -0.4 is 9.46 Å². The number of carbonyl (C=O) groups is 1. The largest absolute Gasteiger partial charge is 0.496 e. The summed E-state index contributed by atoms with van der Waals surface area (Å²) in [6, 6.07) is 4.50. The lowest BCUT2D eigenvalue weighted by Crippen LogP contribution is -2.40. The summed E-state index contributed by atoms with van der Waals surface area (Å²) in [5, 5.41) is 0. The van der Waals surface area contributed by atoms with Crippen molar-refractivity contribution in [3.63, 3.8) is 0 Å². The Morgan fingerprint density at radius 3 is 2.47 bits per heavy atom. The van der Waals surface area contributed by atoms with Gasteiger partial charge in [0.2, 0.25) is 10.0 Å². The van der Waals surface area contributed by atoms with Crippen molar-refractivity contribution in [1.82, 2.24) is 14.5 Å². The number of nitrogens with one attached hydrogen (secondary N) is 1. The zero-order valence-corrected chi connectivity index (χ0v) is 19.2. The Labute approximate surface area is 180 Å². The van der Waals surface area contributed by atoms with Gasteiger partial charge in [0.05, 0.1) is 17.6 Å². The second-order valence-corrected chi connectivity index (χ2v) is 10.6. The summed E-state index contributed by atoms with van der Waals surface area (Å²) in [5.74, 6) is 1.61. The molecule has 2 heterocycles. The molecule has 0 bridgehead atoms.